The van der Waals surface area contributed by atoms with Crippen molar-refractivity contribution in [1.82, 2.24) is 0 Å². The maximum Gasteiger partial charge on any atom is 0.178 e. The molecule has 16 heavy (non-hydrogen) atoms. The van der Waals surface area contributed by atoms with Gasteiger partial charge in [-0.1, -0.05) is 11.6 Å². The fourth-order valence-corrected chi connectivity index (χ4v) is 2.85. The van der Waals surface area contributed by atoms with E-state index in [4.69, 9.17) is 21.4 Å². The van der Waals surface area contributed by atoms with Gasteiger partial charge in [-0.3, -0.25) is 0 Å². The van der Waals surface area contributed by atoms with Crippen molar-refractivity contribution in [2.24, 2.45) is 0 Å². The SMILES string of the molecule is COc1ccc(S(=O)(=O)CCCO)cc1Cl. The molecule has 6 heteroatoms. The summed E-state index contributed by atoms with van der Waals surface area (Å²) in [6, 6.07) is 4.30. The van der Waals surface area contributed by atoms with Gasteiger partial charge in [0.05, 0.1) is 22.8 Å². The van der Waals surface area contributed by atoms with Gasteiger partial charge in [-0.2, -0.15) is 0 Å². The maximum atomic E-state index is 11.7. The molecule has 1 N–H and O–H groups in total. The molecule has 0 saturated carbocycles. The zero-order chi connectivity index (χ0) is 12.2. The first kappa shape index (κ1) is 13.3. The van der Waals surface area contributed by atoms with Gasteiger partial charge in [0.2, 0.25) is 0 Å². The molecule has 4 nitrogen and oxygen atoms in total. The van der Waals surface area contributed by atoms with E-state index in [1.807, 2.05) is 0 Å². The number of benzene rings is 1. The van der Waals surface area contributed by atoms with E-state index in [2.05, 4.69) is 0 Å². The normalized spacial score (nSPS) is 11.4. The standard InChI is InChI=1S/C10H13ClO4S/c1-15-10-4-3-8(7-9(10)11)16(13,14)6-2-5-12/h3-4,7,12H,2,5-6H2,1H3. The van der Waals surface area contributed by atoms with Crippen molar-refractivity contribution in [2.75, 3.05) is 19.5 Å². The average Bonchev–Trinajstić information content (AvgIpc) is 2.26. The molecule has 1 aromatic carbocycles. The van der Waals surface area contributed by atoms with Gasteiger partial charge < -0.3 is 9.84 Å². The Hall–Kier alpha value is -0.780. The summed E-state index contributed by atoms with van der Waals surface area (Å²) in [6.07, 6.45) is 0.214. The minimum atomic E-state index is -3.37. The van der Waals surface area contributed by atoms with E-state index >= 15 is 0 Å². The number of halogens is 1. The predicted octanol–water partition coefficient (Wildman–Crippen LogP) is 1.50. The number of hydrogen-bond acceptors (Lipinski definition) is 4. The summed E-state index contributed by atoms with van der Waals surface area (Å²) in [7, 11) is -1.91. The van der Waals surface area contributed by atoms with Crippen LogP contribution in [0.4, 0.5) is 0 Å². The van der Waals surface area contributed by atoms with Gasteiger partial charge in [0, 0.05) is 6.61 Å². The average molecular weight is 265 g/mol. The summed E-state index contributed by atoms with van der Waals surface area (Å²) < 4.78 is 28.4. The lowest BCUT2D eigenvalue weighted by Crippen LogP contribution is -2.08. The van der Waals surface area contributed by atoms with Gasteiger partial charge in [-0.05, 0) is 24.6 Å². The highest BCUT2D eigenvalue weighted by Crippen LogP contribution is 2.27. The van der Waals surface area contributed by atoms with Gasteiger partial charge in [0.15, 0.2) is 9.84 Å². The van der Waals surface area contributed by atoms with Crippen LogP contribution in [-0.4, -0.2) is 33.0 Å². The van der Waals surface area contributed by atoms with Crippen LogP contribution in [0.15, 0.2) is 23.1 Å². The number of aliphatic hydroxyl groups is 1. The Morgan fingerprint density at radius 2 is 2.12 bits per heavy atom. The first-order valence-corrected chi connectivity index (χ1v) is 6.71. The highest BCUT2D eigenvalue weighted by Gasteiger charge is 2.15. The van der Waals surface area contributed by atoms with Crippen LogP contribution in [0.5, 0.6) is 5.75 Å². The van der Waals surface area contributed by atoms with Gasteiger partial charge in [0.1, 0.15) is 5.75 Å². The molecule has 0 bridgehead atoms. The summed E-state index contributed by atoms with van der Waals surface area (Å²) in [5.41, 5.74) is 0. The molecule has 0 spiro atoms. The summed E-state index contributed by atoms with van der Waals surface area (Å²) in [5.74, 6) is 0.342. The van der Waals surface area contributed by atoms with Crippen molar-refractivity contribution in [3.8, 4) is 5.75 Å². The van der Waals surface area contributed by atoms with Crippen LogP contribution in [0.25, 0.3) is 0 Å². The Morgan fingerprint density at radius 3 is 2.62 bits per heavy atom. The Balaban J connectivity index is 3.01. The van der Waals surface area contributed by atoms with Crippen molar-refractivity contribution in [1.29, 1.82) is 0 Å². The topological polar surface area (TPSA) is 63.6 Å². The number of methoxy groups -OCH3 is 1. The number of ether oxygens (including phenoxy) is 1. The molecule has 0 aliphatic heterocycles. The molecule has 90 valence electrons. The summed E-state index contributed by atoms with van der Waals surface area (Å²) in [4.78, 5) is 0.145. The van der Waals surface area contributed by atoms with Crippen LogP contribution < -0.4 is 4.74 Å². The second kappa shape index (κ2) is 5.52. The Bertz CT molecular complexity index is 456. The second-order valence-corrected chi connectivity index (χ2v) is 5.71. The van der Waals surface area contributed by atoms with Crippen molar-refractivity contribution in [2.45, 2.75) is 11.3 Å². The Labute approximate surface area is 99.7 Å². The van der Waals surface area contributed by atoms with Crippen molar-refractivity contribution in [3.63, 3.8) is 0 Å². The van der Waals surface area contributed by atoms with Gasteiger partial charge >= 0.3 is 0 Å². The quantitative estimate of drug-likeness (QED) is 0.876. The molecule has 0 aliphatic carbocycles. The molecular weight excluding hydrogens is 252 g/mol. The Kier molecular flexibility index (Phi) is 4.58. The van der Waals surface area contributed by atoms with E-state index in [0.29, 0.717) is 5.75 Å². The minimum absolute atomic E-state index is 0.0911. The van der Waals surface area contributed by atoms with Gasteiger partial charge in [-0.25, -0.2) is 8.42 Å². The third-order valence-corrected chi connectivity index (χ3v) is 4.15. The third-order valence-electron chi connectivity index (χ3n) is 2.05. The molecule has 0 fully saturated rings. The van der Waals surface area contributed by atoms with E-state index in [9.17, 15) is 8.42 Å². The molecule has 1 aromatic rings. The summed E-state index contributed by atoms with van der Waals surface area (Å²) in [6.45, 7) is -0.150. The number of rotatable bonds is 5. The lowest BCUT2D eigenvalue weighted by atomic mass is 10.3. The predicted molar refractivity (Wildman–Crippen MR) is 61.8 cm³/mol. The zero-order valence-corrected chi connectivity index (χ0v) is 10.4. The van der Waals surface area contributed by atoms with Crippen molar-refractivity contribution < 1.29 is 18.3 Å². The molecule has 0 heterocycles. The smallest absolute Gasteiger partial charge is 0.178 e. The van der Waals surface area contributed by atoms with Gasteiger partial charge in [-0.15, -0.1) is 0 Å². The molecule has 0 radical (unpaired) electrons. The van der Waals surface area contributed by atoms with E-state index in [0.717, 1.165) is 0 Å². The van der Waals surface area contributed by atoms with Crippen LogP contribution >= 0.6 is 11.6 Å². The van der Waals surface area contributed by atoms with E-state index in [1.165, 1.54) is 25.3 Å². The van der Waals surface area contributed by atoms with Crippen LogP contribution in [-0.2, 0) is 9.84 Å². The zero-order valence-electron chi connectivity index (χ0n) is 8.81. The minimum Gasteiger partial charge on any atom is -0.495 e. The third kappa shape index (κ3) is 3.10. The monoisotopic (exact) mass is 264 g/mol. The fourth-order valence-electron chi connectivity index (χ4n) is 1.21. The van der Waals surface area contributed by atoms with E-state index in [1.54, 1.807) is 0 Å². The van der Waals surface area contributed by atoms with E-state index < -0.39 is 9.84 Å². The molecule has 0 amide bonds. The van der Waals surface area contributed by atoms with Crippen molar-refractivity contribution in [3.05, 3.63) is 23.2 Å². The summed E-state index contributed by atoms with van der Waals surface area (Å²) >= 11 is 5.83. The molecule has 0 atom stereocenters. The first-order chi connectivity index (χ1) is 7.51. The van der Waals surface area contributed by atoms with Crippen LogP contribution in [0, 0.1) is 0 Å². The molecule has 1 rings (SSSR count). The lowest BCUT2D eigenvalue weighted by Gasteiger charge is -2.06. The van der Waals surface area contributed by atoms with E-state index in [-0.39, 0.29) is 28.7 Å². The second-order valence-electron chi connectivity index (χ2n) is 3.19. The number of aliphatic hydroxyl groups excluding tert-OH is 1. The fraction of sp³-hybridized carbons (Fsp3) is 0.400. The van der Waals surface area contributed by atoms with Crippen LogP contribution in [0.3, 0.4) is 0 Å². The molecule has 0 unspecified atom stereocenters. The van der Waals surface area contributed by atoms with Crippen LogP contribution in [0.2, 0.25) is 5.02 Å². The lowest BCUT2D eigenvalue weighted by molar-refractivity contribution is 0.295. The summed E-state index contributed by atoms with van der Waals surface area (Å²) in [5, 5.41) is 8.86. The molecule has 0 saturated heterocycles. The molecule has 0 aromatic heterocycles. The molecule has 0 aliphatic rings. The largest absolute Gasteiger partial charge is 0.495 e. The van der Waals surface area contributed by atoms with Crippen LogP contribution in [0.1, 0.15) is 6.42 Å². The molecular formula is C10H13ClO4S. The highest BCUT2D eigenvalue weighted by molar-refractivity contribution is 7.91. The highest BCUT2D eigenvalue weighted by atomic mass is 35.5. The van der Waals surface area contributed by atoms with Crippen molar-refractivity contribution >= 4 is 21.4 Å². The van der Waals surface area contributed by atoms with Gasteiger partial charge in [0.25, 0.3) is 0 Å². The Morgan fingerprint density at radius 1 is 1.44 bits per heavy atom. The number of sulfone groups is 1. The number of hydrogen-bond donors (Lipinski definition) is 1. The maximum absolute atomic E-state index is 11.7. The first-order valence-electron chi connectivity index (χ1n) is 4.68.